The van der Waals surface area contributed by atoms with E-state index in [0.717, 1.165) is 24.2 Å². The van der Waals surface area contributed by atoms with E-state index >= 15 is 0 Å². The Morgan fingerprint density at radius 2 is 2.07 bits per heavy atom. The van der Waals surface area contributed by atoms with E-state index in [1.54, 1.807) is 13.0 Å². The van der Waals surface area contributed by atoms with Crippen LogP contribution in [0.2, 0.25) is 0 Å². The van der Waals surface area contributed by atoms with Crippen molar-refractivity contribution in [3.05, 3.63) is 53.5 Å². The molecule has 0 spiro atoms. The molecule has 3 aromatic rings. The Labute approximate surface area is 177 Å². The van der Waals surface area contributed by atoms with Crippen molar-refractivity contribution in [3.8, 4) is 0 Å². The van der Waals surface area contributed by atoms with Crippen molar-refractivity contribution in [2.75, 3.05) is 5.32 Å². The number of rotatable bonds is 9. The van der Waals surface area contributed by atoms with Crippen molar-refractivity contribution >= 4 is 29.4 Å². The average molecular weight is 427 g/mol. The van der Waals surface area contributed by atoms with Gasteiger partial charge in [0, 0.05) is 24.9 Å². The number of carbonyl (C=O) groups excluding carboxylic acids is 2. The second-order valence-corrected chi connectivity index (χ2v) is 8.28. The Morgan fingerprint density at radius 1 is 1.30 bits per heavy atom. The maximum absolute atomic E-state index is 13.1. The lowest BCUT2D eigenvalue weighted by molar-refractivity contribution is -0.118. The molecule has 10 heteroatoms. The number of amides is 2. The Balaban J connectivity index is 1.61. The maximum atomic E-state index is 13.1. The molecule has 0 unspecified atom stereocenters. The molecule has 1 atom stereocenters. The molecule has 1 aliphatic rings. The number of nitrogens with zero attached hydrogens (tertiary/aromatic N) is 4. The van der Waals surface area contributed by atoms with Crippen LogP contribution in [0.1, 0.15) is 47.6 Å². The lowest BCUT2D eigenvalue weighted by Crippen LogP contribution is -2.20. The fourth-order valence-electron chi connectivity index (χ4n) is 3.09. The Kier molecular flexibility index (Phi) is 5.84. The van der Waals surface area contributed by atoms with Crippen molar-refractivity contribution < 1.29 is 14.1 Å². The van der Waals surface area contributed by atoms with Crippen molar-refractivity contribution in [1.82, 2.24) is 19.9 Å². The van der Waals surface area contributed by atoms with Crippen LogP contribution in [0.3, 0.4) is 0 Å². The van der Waals surface area contributed by atoms with Gasteiger partial charge in [0.2, 0.25) is 11.8 Å². The Bertz CT molecular complexity index is 1040. The molecule has 1 fully saturated rings. The molecule has 1 aliphatic carbocycles. The smallest absolute Gasteiger partial charge is 0.243 e. The zero-order valence-electron chi connectivity index (χ0n) is 16.4. The SMILES string of the molecule is Cc1cc(NC(=O)[C@@H](Sc2nnc(C3CC3)n2CCC(N)=O)c2ccccc2)no1. The summed E-state index contributed by atoms with van der Waals surface area (Å²) in [5, 5.41) is 15.3. The van der Waals surface area contributed by atoms with Gasteiger partial charge in [0.05, 0.1) is 0 Å². The molecule has 0 saturated heterocycles. The number of nitrogens with two attached hydrogens (primary N) is 1. The third-order valence-corrected chi connectivity index (χ3v) is 5.95. The molecule has 2 amide bonds. The molecule has 1 saturated carbocycles. The van der Waals surface area contributed by atoms with Crippen LogP contribution >= 0.6 is 11.8 Å². The Morgan fingerprint density at radius 3 is 2.70 bits per heavy atom. The normalized spacial score (nSPS) is 14.4. The van der Waals surface area contributed by atoms with Crippen LogP contribution in [0.15, 0.2) is 46.1 Å². The number of hydrogen-bond acceptors (Lipinski definition) is 7. The highest BCUT2D eigenvalue weighted by atomic mass is 32.2. The van der Waals surface area contributed by atoms with Crippen LogP contribution in [-0.4, -0.2) is 31.7 Å². The molecular formula is C20H22N6O3S. The van der Waals surface area contributed by atoms with E-state index in [4.69, 9.17) is 10.3 Å². The zero-order chi connectivity index (χ0) is 21.1. The van der Waals surface area contributed by atoms with Crippen molar-refractivity contribution in [2.45, 2.75) is 49.1 Å². The topological polar surface area (TPSA) is 129 Å². The van der Waals surface area contributed by atoms with Gasteiger partial charge in [-0.15, -0.1) is 10.2 Å². The molecule has 156 valence electrons. The summed E-state index contributed by atoms with van der Waals surface area (Å²) in [7, 11) is 0. The first-order valence-electron chi connectivity index (χ1n) is 9.68. The minimum Gasteiger partial charge on any atom is -0.370 e. The summed E-state index contributed by atoms with van der Waals surface area (Å²) in [5.74, 6) is 1.51. The third-order valence-electron chi connectivity index (χ3n) is 4.71. The number of benzene rings is 1. The van der Waals surface area contributed by atoms with Gasteiger partial charge in [0.25, 0.3) is 0 Å². The van der Waals surface area contributed by atoms with Crippen LogP contribution in [0.25, 0.3) is 0 Å². The summed E-state index contributed by atoms with van der Waals surface area (Å²) in [4.78, 5) is 24.5. The van der Waals surface area contributed by atoms with E-state index in [0.29, 0.717) is 29.2 Å². The first-order valence-corrected chi connectivity index (χ1v) is 10.6. The van der Waals surface area contributed by atoms with E-state index < -0.39 is 5.25 Å². The molecule has 0 radical (unpaired) electrons. The molecule has 3 N–H and O–H groups in total. The molecule has 0 bridgehead atoms. The van der Waals surface area contributed by atoms with E-state index in [2.05, 4.69) is 20.7 Å². The number of thioether (sulfide) groups is 1. The van der Waals surface area contributed by atoms with Gasteiger partial charge in [-0.1, -0.05) is 47.3 Å². The first-order chi connectivity index (χ1) is 14.5. The number of aryl methyl sites for hydroxylation is 1. The van der Waals surface area contributed by atoms with Gasteiger partial charge in [-0.25, -0.2) is 0 Å². The molecule has 9 nitrogen and oxygen atoms in total. The number of aromatic nitrogens is 4. The van der Waals surface area contributed by atoms with Gasteiger partial charge in [0.15, 0.2) is 11.0 Å². The number of carbonyl (C=O) groups is 2. The predicted molar refractivity (Wildman–Crippen MR) is 111 cm³/mol. The van der Waals surface area contributed by atoms with Crippen molar-refractivity contribution in [1.29, 1.82) is 0 Å². The highest BCUT2D eigenvalue weighted by Crippen LogP contribution is 2.42. The lowest BCUT2D eigenvalue weighted by Gasteiger charge is -2.16. The summed E-state index contributed by atoms with van der Waals surface area (Å²) >= 11 is 1.29. The van der Waals surface area contributed by atoms with Crippen LogP contribution < -0.4 is 11.1 Å². The fraction of sp³-hybridized carbons (Fsp3) is 0.350. The van der Waals surface area contributed by atoms with Gasteiger partial charge in [0.1, 0.15) is 16.8 Å². The van der Waals surface area contributed by atoms with Crippen molar-refractivity contribution in [2.24, 2.45) is 5.73 Å². The maximum Gasteiger partial charge on any atom is 0.243 e. The summed E-state index contributed by atoms with van der Waals surface area (Å²) in [5.41, 5.74) is 6.17. The van der Waals surface area contributed by atoms with Crippen LogP contribution in [-0.2, 0) is 16.1 Å². The van der Waals surface area contributed by atoms with Gasteiger partial charge in [-0.2, -0.15) is 0 Å². The minimum atomic E-state index is -0.591. The molecule has 4 rings (SSSR count). The summed E-state index contributed by atoms with van der Waals surface area (Å²) in [6.07, 6.45) is 2.28. The van der Waals surface area contributed by atoms with E-state index in [-0.39, 0.29) is 18.2 Å². The largest absolute Gasteiger partial charge is 0.370 e. The number of primary amides is 1. The van der Waals surface area contributed by atoms with Gasteiger partial charge >= 0.3 is 0 Å². The van der Waals surface area contributed by atoms with Crippen molar-refractivity contribution in [3.63, 3.8) is 0 Å². The standard InChI is InChI=1S/C20H22N6O3S/c1-12-11-16(25-29-12)22-19(28)17(13-5-3-2-4-6-13)30-20-24-23-18(14-7-8-14)26(20)10-9-15(21)27/h2-6,11,14,17H,7-10H2,1H3,(H2,21,27)(H,22,25,28)/t17-/m0/s1. The second kappa shape index (κ2) is 8.70. The number of anilines is 1. The second-order valence-electron chi connectivity index (χ2n) is 7.20. The van der Waals surface area contributed by atoms with Gasteiger partial charge in [-0.05, 0) is 25.3 Å². The van der Waals surface area contributed by atoms with E-state index in [9.17, 15) is 9.59 Å². The minimum absolute atomic E-state index is 0.186. The van der Waals surface area contributed by atoms with Gasteiger partial charge < -0.3 is 20.1 Å². The molecule has 2 aromatic heterocycles. The predicted octanol–water partition coefficient (Wildman–Crippen LogP) is 2.80. The van der Waals surface area contributed by atoms with Gasteiger partial charge in [-0.3, -0.25) is 9.59 Å². The zero-order valence-corrected chi connectivity index (χ0v) is 17.3. The molecule has 1 aromatic carbocycles. The summed E-state index contributed by atoms with van der Waals surface area (Å²) in [6.45, 7) is 2.15. The molecule has 30 heavy (non-hydrogen) atoms. The molecule has 0 aliphatic heterocycles. The quantitative estimate of drug-likeness (QED) is 0.503. The Hall–Kier alpha value is -3.14. The first kappa shape index (κ1) is 20.1. The highest BCUT2D eigenvalue weighted by Gasteiger charge is 2.32. The average Bonchev–Trinajstić information content (AvgIpc) is 3.37. The van der Waals surface area contributed by atoms with Crippen LogP contribution in [0.4, 0.5) is 5.82 Å². The molecular weight excluding hydrogens is 404 g/mol. The number of hydrogen-bond donors (Lipinski definition) is 2. The lowest BCUT2D eigenvalue weighted by atomic mass is 10.1. The summed E-state index contributed by atoms with van der Waals surface area (Å²) < 4.78 is 6.95. The van der Waals surface area contributed by atoms with E-state index in [1.165, 1.54) is 11.8 Å². The van der Waals surface area contributed by atoms with Crippen LogP contribution in [0, 0.1) is 6.92 Å². The van der Waals surface area contributed by atoms with Crippen LogP contribution in [0.5, 0.6) is 0 Å². The van der Waals surface area contributed by atoms with E-state index in [1.807, 2.05) is 34.9 Å². The molecule has 2 heterocycles. The highest BCUT2D eigenvalue weighted by molar-refractivity contribution is 8.00. The third kappa shape index (κ3) is 4.70. The number of nitrogens with one attached hydrogen (secondary N) is 1. The summed E-state index contributed by atoms with van der Waals surface area (Å²) in [6, 6.07) is 11.1. The monoisotopic (exact) mass is 426 g/mol. The fourth-order valence-corrected chi connectivity index (χ4v) is 4.16.